The van der Waals surface area contributed by atoms with E-state index in [1.165, 1.54) is 33.6 Å². The molecule has 0 saturated heterocycles. The van der Waals surface area contributed by atoms with Crippen LogP contribution < -0.4 is 16.0 Å². The summed E-state index contributed by atoms with van der Waals surface area (Å²) in [4.78, 5) is 26.6. The van der Waals surface area contributed by atoms with E-state index in [-0.39, 0.29) is 41.7 Å². The van der Waals surface area contributed by atoms with E-state index in [0.717, 1.165) is 17.4 Å². The van der Waals surface area contributed by atoms with Crippen molar-refractivity contribution < 1.29 is 17.2 Å². The minimum absolute atomic E-state index is 0.0145. The van der Waals surface area contributed by atoms with Crippen LogP contribution in [-0.4, -0.2) is 38.8 Å². The summed E-state index contributed by atoms with van der Waals surface area (Å²) in [5.74, 6) is -3.17. The molecule has 9 nitrogen and oxygen atoms in total. The van der Waals surface area contributed by atoms with Gasteiger partial charge in [-0.3, -0.25) is 18.6 Å². The Morgan fingerprint density at radius 2 is 1.88 bits per heavy atom. The van der Waals surface area contributed by atoms with Crippen LogP contribution in [-0.2, 0) is 30.2 Å². The summed E-state index contributed by atoms with van der Waals surface area (Å²) in [6.07, 6.45) is 3.96. The molecule has 2 saturated carbocycles. The second kappa shape index (κ2) is 7.57. The smallest absolute Gasteiger partial charge is 0.293 e. The van der Waals surface area contributed by atoms with Gasteiger partial charge in [-0.05, 0) is 43.9 Å². The standard InChI is InChI=1S/C22H25F2N5O4S/c1-21(5-6-21)26-34(32,33)16-3-4-18-17(7-16)19(30)29(13-15-10-25-27(2)11-15)20(31)28(18)12-14-8-22(23,24)9-14/h3-4,7,10-11,14,26H,5-6,8-9,12-13H2,1-2H3. The van der Waals surface area contributed by atoms with Gasteiger partial charge in [0.1, 0.15) is 0 Å². The molecule has 0 amide bonds. The number of hydrogen-bond donors (Lipinski definition) is 1. The van der Waals surface area contributed by atoms with Crippen molar-refractivity contribution in [1.29, 1.82) is 0 Å². The molecule has 1 N–H and O–H groups in total. The number of nitrogens with one attached hydrogen (secondary N) is 1. The molecule has 0 unspecified atom stereocenters. The number of nitrogens with zero attached hydrogens (tertiary/aromatic N) is 4. The van der Waals surface area contributed by atoms with Crippen molar-refractivity contribution in [3.8, 4) is 0 Å². The molecule has 0 aliphatic heterocycles. The van der Waals surface area contributed by atoms with Crippen molar-refractivity contribution in [1.82, 2.24) is 23.6 Å². The highest BCUT2D eigenvalue weighted by atomic mass is 32.2. The second-order valence-electron chi connectivity index (χ2n) is 9.78. The van der Waals surface area contributed by atoms with Crippen LogP contribution in [0.1, 0.15) is 38.2 Å². The van der Waals surface area contributed by atoms with E-state index in [1.807, 2.05) is 0 Å². The summed E-state index contributed by atoms with van der Waals surface area (Å²) >= 11 is 0. The molecule has 12 heteroatoms. The van der Waals surface area contributed by atoms with Crippen molar-refractivity contribution in [3.63, 3.8) is 0 Å². The maximum Gasteiger partial charge on any atom is 0.331 e. The van der Waals surface area contributed by atoms with E-state index >= 15 is 0 Å². The molecule has 2 fully saturated rings. The van der Waals surface area contributed by atoms with Crippen molar-refractivity contribution in [2.45, 2.75) is 62.1 Å². The lowest BCUT2D eigenvalue weighted by Gasteiger charge is -2.35. The molecule has 2 aliphatic carbocycles. The number of sulfonamides is 1. The Hall–Kier alpha value is -2.86. The van der Waals surface area contributed by atoms with E-state index in [2.05, 4.69) is 9.82 Å². The summed E-state index contributed by atoms with van der Waals surface area (Å²) in [6, 6.07) is 4.01. The van der Waals surface area contributed by atoms with Crippen LogP contribution in [0.5, 0.6) is 0 Å². The molecule has 0 radical (unpaired) electrons. The Kier molecular flexibility index (Phi) is 5.10. The van der Waals surface area contributed by atoms with Gasteiger partial charge in [0, 0.05) is 43.7 Å². The molecule has 2 aromatic heterocycles. The molecule has 182 valence electrons. The third-order valence-corrected chi connectivity index (χ3v) is 8.24. The number of benzene rings is 1. The van der Waals surface area contributed by atoms with Gasteiger partial charge in [0.25, 0.3) is 5.56 Å². The average Bonchev–Trinajstić information content (AvgIpc) is 3.30. The SMILES string of the molecule is Cn1cc(Cn2c(=O)c3cc(S(=O)(=O)NC4(C)CC4)ccc3n(CC3CC(F)(F)C3)c2=O)cn1. The third kappa shape index (κ3) is 4.20. The Morgan fingerprint density at radius 3 is 2.47 bits per heavy atom. The zero-order valence-corrected chi connectivity index (χ0v) is 19.6. The van der Waals surface area contributed by atoms with Gasteiger partial charge in [-0.25, -0.2) is 26.7 Å². The molecule has 0 spiro atoms. The lowest BCUT2D eigenvalue weighted by Crippen LogP contribution is -2.44. The maximum atomic E-state index is 13.4. The Balaban J connectivity index is 1.64. The Bertz CT molecular complexity index is 1510. The Labute approximate surface area is 194 Å². The average molecular weight is 494 g/mol. The fourth-order valence-corrected chi connectivity index (χ4v) is 5.96. The minimum Gasteiger partial charge on any atom is -0.293 e. The first-order chi connectivity index (χ1) is 15.9. The van der Waals surface area contributed by atoms with Gasteiger partial charge in [0.15, 0.2) is 0 Å². The van der Waals surface area contributed by atoms with Crippen LogP contribution in [0, 0.1) is 5.92 Å². The zero-order chi connectivity index (χ0) is 24.5. The van der Waals surface area contributed by atoms with Gasteiger partial charge in [0.05, 0.1) is 28.5 Å². The predicted octanol–water partition coefficient (Wildman–Crippen LogP) is 1.82. The van der Waals surface area contributed by atoms with Gasteiger partial charge in [0.2, 0.25) is 15.9 Å². The molecule has 34 heavy (non-hydrogen) atoms. The number of alkyl halides is 2. The topological polar surface area (TPSA) is 108 Å². The number of aryl methyl sites for hydroxylation is 1. The summed E-state index contributed by atoms with van der Waals surface area (Å²) in [5.41, 5.74) is -0.939. The van der Waals surface area contributed by atoms with E-state index < -0.39 is 38.7 Å². The highest BCUT2D eigenvalue weighted by Gasteiger charge is 2.45. The summed E-state index contributed by atoms with van der Waals surface area (Å²) in [5, 5.41) is 4.09. The summed E-state index contributed by atoms with van der Waals surface area (Å²) in [7, 11) is -2.18. The van der Waals surface area contributed by atoms with E-state index in [4.69, 9.17) is 0 Å². The van der Waals surface area contributed by atoms with Crippen molar-refractivity contribution in [2.24, 2.45) is 13.0 Å². The number of halogens is 2. The quantitative estimate of drug-likeness (QED) is 0.540. The predicted molar refractivity (Wildman–Crippen MR) is 120 cm³/mol. The van der Waals surface area contributed by atoms with Crippen molar-refractivity contribution in [3.05, 3.63) is 57.0 Å². The normalized spacial score (nSPS) is 19.3. The zero-order valence-electron chi connectivity index (χ0n) is 18.8. The second-order valence-corrected chi connectivity index (χ2v) is 11.5. The number of fused-ring (bicyclic) bond motifs is 1. The van der Waals surface area contributed by atoms with Crippen LogP contribution in [0.25, 0.3) is 10.9 Å². The summed E-state index contributed by atoms with van der Waals surface area (Å²) < 4.78 is 59.2. The van der Waals surface area contributed by atoms with E-state index in [1.54, 1.807) is 20.2 Å². The van der Waals surface area contributed by atoms with Gasteiger partial charge in [-0.15, -0.1) is 0 Å². The lowest BCUT2D eigenvalue weighted by molar-refractivity contribution is -0.114. The van der Waals surface area contributed by atoms with Crippen LogP contribution in [0.15, 0.2) is 45.1 Å². The largest absolute Gasteiger partial charge is 0.331 e. The molecule has 5 rings (SSSR count). The van der Waals surface area contributed by atoms with E-state index in [9.17, 15) is 26.8 Å². The van der Waals surface area contributed by atoms with Crippen LogP contribution in [0.4, 0.5) is 8.78 Å². The fraction of sp³-hybridized carbons (Fsp3) is 0.500. The number of aromatic nitrogens is 4. The minimum atomic E-state index is -3.89. The van der Waals surface area contributed by atoms with Crippen LogP contribution >= 0.6 is 0 Å². The molecule has 2 aliphatic rings. The lowest BCUT2D eigenvalue weighted by atomic mass is 9.81. The van der Waals surface area contributed by atoms with Crippen molar-refractivity contribution in [2.75, 3.05) is 0 Å². The first-order valence-electron chi connectivity index (χ1n) is 11.0. The molecule has 0 bridgehead atoms. The van der Waals surface area contributed by atoms with Crippen molar-refractivity contribution >= 4 is 20.9 Å². The molecule has 0 atom stereocenters. The van der Waals surface area contributed by atoms with Gasteiger partial charge < -0.3 is 0 Å². The fourth-order valence-electron chi connectivity index (χ4n) is 4.47. The number of hydrogen-bond acceptors (Lipinski definition) is 5. The van der Waals surface area contributed by atoms with Gasteiger partial charge >= 0.3 is 5.69 Å². The van der Waals surface area contributed by atoms with Crippen LogP contribution in [0.3, 0.4) is 0 Å². The molecule has 3 aromatic rings. The van der Waals surface area contributed by atoms with Gasteiger partial charge in [-0.2, -0.15) is 5.10 Å². The van der Waals surface area contributed by atoms with Gasteiger partial charge in [-0.1, -0.05) is 0 Å². The third-order valence-electron chi connectivity index (χ3n) is 6.60. The maximum absolute atomic E-state index is 13.4. The highest BCUT2D eigenvalue weighted by Crippen LogP contribution is 2.43. The molecular weight excluding hydrogens is 468 g/mol. The first kappa shape index (κ1) is 22.9. The number of rotatable bonds is 7. The summed E-state index contributed by atoms with van der Waals surface area (Å²) in [6.45, 7) is 1.74. The molecular formula is C22H25F2N5O4S. The monoisotopic (exact) mass is 493 g/mol. The Morgan fingerprint density at radius 1 is 1.18 bits per heavy atom. The van der Waals surface area contributed by atoms with Crippen LogP contribution in [0.2, 0.25) is 0 Å². The first-order valence-corrected chi connectivity index (χ1v) is 12.5. The molecule has 2 heterocycles. The molecule has 1 aromatic carbocycles. The van der Waals surface area contributed by atoms with E-state index in [0.29, 0.717) is 5.56 Å². The highest BCUT2D eigenvalue weighted by molar-refractivity contribution is 7.89.